The topological polar surface area (TPSA) is 113 Å². The molecule has 9 nitrogen and oxygen atoms in total. The molecular weight excluding hydrogens is 427 g/mol. The second-order valence-electron chi connectivity index (χ2n) is 7.05. The van der Waals surface area contributed by atoms with Crippen LogP contribution in [0, 0.1) is 21.8 Å². The van der Waals surface area contributed by atoms with Crippen molar-refractivity contribution in [2.45, 2.75) is 11.3 Å². The molecule has 0 aliphatic carbocycles. The van der Waals surface area contributed by atoms with Crippen molar-refractivity contribution in [2.24, 2.45) is 5.92 Å². The summed E-state index contributed by atoms with van der Waals surface area (Å²) in [6.45, 7) is -0.000604. The van der Waals surface area contributed by atoms with E-state index in [2.05, 4.69) is 5.32 Å². The molecule has 11 heteroatoms. The first kappa shape index (κ1) is 22.2. The monoisotopic (exact) mass is 446 g/mol. The lowest BCUT2D eigenvalue weighted by atomic mass is 10.1. The number of para-hydroxylation sites is 1. The number of carbonyl (C=O) groups excluding carboxylic acids is 3. The lowest BCUT2D eigenvalue weighted by Gasteiger charge is -2.17. The van der Waals surface area contributed by atoms with Gasteiger partial charge in [0.2, 0.25) is 17.6 Å². The Hall–Kier alpha value is -3.47. The fourth-order valence-corrected chi connectivity index (χ4v) is 3.77. The predicted octanol–water partition coefficient (Wildman–Crippen LogP) is 3.50. The Kier molecular flexibility index (Phi) is 6.54. The van der Waals surface area contributed by atoms with Gasteiger partial charge < -0.3 is 15.1 Å². The number of carbonyl (C=O) groups is 3. The normalized spacial score (nSPS) is 15.6. The third-order valence-corrected chi connectivity index (χ3v) is 5.76. The second-order valence-corrected chi connectivity index (χ2v) is 8.04. The highest BCUT2D eigenvalue weighted by atomic mass is 32.2. The van der Waals surface area contributed by atoms with Crippen LogP contribution in [0.3, 0.4) is 0 Å². The van der Waals surface area contributed by atoms with Crippen LogP contribution in [0.15, 0.2) is 47.4 Å². The number of hydrogen-bond acceptors (Lipinski definition) is 6. The first-order chi connectivity index (χ1) is 14.7. The van der Waals surface area contributed by atoms with Crippen LogP contribution in [0.1, 0.15) is 6.42 Å². The molecule has 1 atom stereocenters. The molecule has 1 heterocycles. The Labute approximate surface area is 181 Å². The number of nitro benzene ring substituents is 1. The summed E-state index contributed by atoms with van der Waals surface area (Å²) in [5.41, 5.74) is -0.147. The SMILES string of the molecule is CN(C)C(=O)Sc1ccccc1NC(=O)C1CC(=O)N(c2ccc(F)c([N+](=O)[O-])c2)C1. The average Bonchev–Trinajstić information content (AvgIpc) is 3.11. The van der Waals surface area contributed by atoms with E-state index in [4.69, 9.17) is 0 Å². The van der Waals surface area contributed by atoms with Crippen LogP contribution >= 0.6 is 11.8 Å². The largest absolute Gasteiger partial charge is 0.339 e. The molecule has 0 spiro atoms. The zero-order chi connectivity index (χ0) is 22.7. The van der Waals surface area contributed by atoms with Gasteiger partial charge in [-0.05, 0) is 36.0 Å². The minimum absolute atomic E-state index is 0.000604. The summed E-state index contributed by atoms with van der Waals surface area (Å²) >= 11 is 0.962. The van der Waals surface area contributed by atoms with Gasteiger partial charge in [-0.3, -0.25) is 24.5 Å². The van der Waals surface area contributed by atoms with Crippen molar-refractivity contribution < 1.29 is 23.7 Å². The molecule has 1 unspecified atom stereocenters. The highest BCUT2D eigenvalue weighted by molar-refractivity contribution is 8.13. The summed E-state index contributed by atoms with van der Waals surface area (Å²) in [4.78, 5) is 50.5. The van der Waals surface area contributed by atoms with Crippen LogP contribution < -0.4 is 10.2 Å². The van der Waals surface area contributed by atoms with Gasteiger partial charge in [-0.25, -0.2) is 0 Å². The quantitative estimate of drug-likeness (QED) is 0.427. The number of thioether (sulfide) groups is 1. The van der Waals surface area contributed by atoms with E-state index in [1.807, 2.05) is 0 Å². The van der Waals surface area contributed by atoms with E-state index in [1.165, 1.54) is 15.9 Å². The maximum Gasteiger partial charge on any atom is 0.306 e. The van der Waals surface area contributed by atoms with E-state index >= 15 is 0 Å². The number of nitro groups is 1. The van der Waals surface area contributed by atoms with Gasteiger partial charge in [0.15, 0.2) is 0 Å². The van der Waals surface area contributed by atoms with E-state index in [-0.39, 0.29) is 23.9 Å². The number of rotatable bonds is 5. The summed E-state index contributed by atoms with van der Waals surface area (Å²) in [7, 11) is 3.24. The van der Waals surface area contributed by atoms with Crippen molar-refractivity contribution in [1.29, 1.82) is 0 Å². The van der Waals surface area contributed by atoms with Gasteiger partial charge in [-0.15, -0.1) is 0 Å². The van der Waals surface area contributed by atoms with Gasteiger partial charge in [0.25, 0.3) is 5.24 Å². The van der Waals surface area contributed by atoms with Gasteiger partial charge in [-0.1, -0.05) is 12.1 Å². The Morgan fingerprint density at radius 1 is 1.26 bits per heavy atom. The van der Waals surface area contributed by atoms with Gasteiger partial charge in [0, 0.05) is 38.0 Å². The second kappa shape index (κ2) is 9.13. The maximum absolute atomic E-state index is 13.6. The van der Waals surface area contributed by atoms with Crippen molar-refractivity contribution in [2.75, 3.05) is 30.9 Å². The van der Waals surface area contributed by atoms with Crippen molar-refractivity contribution in [3.63, 3.8) is 0 Å². The number of amides is 3. The molecule has 0 bridgehead atoms. The molecule has 0 saturated carbocycles. The van der Waals surface area contributed by atoms with Crippen LogP contribution in [-0.2, 0) is 9.59 Å². The molecule has 3 rings (SSSR count). The molecule has 2 aromatic rings. The minimum atomic E-state index is -1.00. The number of hydrogen-bond donors (Lipinski definition) is 1. The molecule has 0 aromatic heterocycles. The smallest absolute Gasteiger partial charge is 0.306 e. The molecule has 162 valence electrons. The summed E-state index contributed by atoms with van der Waals surface area (Å²) in [5.74, 6) is -2.53. The van der Waals surface area contributed by atoms with Gasteiger partial charge in [0.05, 0.1) is 22.2 Å². The summed E-state index contributed by atoms with van der Waals surface area (Å²) in [5, 5.41) is 13.5. The third-order valence-electron chi connectivity index (χ3n) is 4.64. The summed E-state index contributed by atoms with van der Waals surface area (Å²) in [6.07, 6.45) is -0.0943. The van der Waals surface area contributed by atoms with Crippen molar-refractivity contribution in [3.05, 3.63) is 58.4 Å². The molecule has 1 N–H and O–H groups in total. The standard InChI is InChI=1S/C20H19FN4O5S/c1-23(2)20(28)31-17-6-4-3-5-15(17)22-19(27)12-9-18(26)24(11-12)13-7-8-14(21)16(10-13)25(29)30/h3-8,10,12H,9,11H2,1-2H3,(H,22,27). The number of nitrogens with zero attached hydrogens (tertiary/aromatic N) is 3. The van der Waals surface area contributed by atoms with Crippen molar-refractivity contribution in [3.8, 4) is 0 Å². The molecule has 1 saturated heterocycles. The van der Waals surface area contributed by atoms with Gasteiger partial charge >= 0.3 is 5.69 Å². The molecule has 1 aliphatic heterocycles. The molecule has 2 aromatic carbocycles. The summed E-state index contributed by atoms with van der Waals surface area (Å²) in [6, 6.07) is 9.97. The molecule has 0 radical (unpaired) electrons. The Bertz CT molecular complexity index is 1060. The lowest BCUT2D eigenvalue weighted by molar-refractivity contribution is -0.387. The fourth-order valence-electron chi connectivity index (χ4n) is 3.02. The first-order valence-corrected chi connectivity index (χ1v) is 10.0. The van der Waals surface area contributed by atoms with Crippen molar-refractivity contribution in [1.82, 2.24) is 4.90 Å². The number of nitrogens with one attached hydrogen (secondary N) is 1. The highest BCUT2D eigenvalue weighted by Gasteiger charge is 2.36. The van der Waals surface area contributed by atoms with Crippen molar-refractivity contribution >= 4 is 45.9 Å². The predicted molar refractivity (Wildman–Crippen MR) is 114 cm³/mol. The third kappa shape index (κ3) is 5.00. The van der Waals surface area contributed by atoms with Gasteiger partial charge in [-0.2, -0.15) is 4.39 Å². The lowest BCUT2D eigenvalue weighted by Crippen LogP contribution is -2.28. The molecule has 31 heavy (non-hydrogen) atoms. The zero-order valence-corrected chi connectivity index (χ0v) is 17.5. The van der Waals surface area contributed by atoms with Crippen LogP contribution in [0.25, 0.3) is 0 Å². The molecular formula is C20H19FN4O5S. The Morgan fingerprint density at radius 3 is 2.65 bits per heavy atom. The van der Waals surface area contributed by atoms with Crippen LogP contribution in [0.4, 0.5) is 26.2 Å². The highest BCUT2D eigenvalue weighted by Crippen LogP contribution is 2.32. The first-order valence-electron chi connectivity index (χ1n) is 9.20. The average molecular weight is 446 g/mol. The summed E-state index contributed by atoms with van der Waals surface area (Å²) < 4.78 is 13.6. The van der Waals surface area contributed by atoms with E-state index in [1.54, 1.807) is 38.4 Å². The van der Waals surface area contributed by atoms with E-state index in [9.17, 15) is 28.9 Å². The molecule has 1 aliphatic rings. The molecule has 1 fully saturated rings. The van der Waals surface area contributed by atoms with Crippen LogP contribution in [-0.4, -0.2) is 47.5 Å². The maximum atomic E-state index is 13.6. The van der Waals surface area contributed by atoms with E-state index in [0.29, 0.717) is 10.6 Å². The van der Waals surface area contributed by atoms with Crippen LogP contribution in [0.2, 0.25) is 0 Å². The number of halogens is 1. The zero-order valence-electron chi connectivity index (χ0n) is 16.7. The minimum Gasteiger partial charge on any atom is -0.339 e. The Morgan fingerprint density at radius 2 is 1.97 bits per heavy atom. The van der Waals surface area contributed by atoms with Gasteiger partial charge in [0.1, 0.15) is 0 Å². The Balaban J connectivity index is 1.74. The van der Waals surface area contributed by atoms with Crippen LogP contribution in [0.5, 0.6) is 0 Å². The van der Waals surface area contributed by atoms with E-state index < -0.39 is 34.2 Å². The number of anilines is 2. The van der Waals surface area contributed by atoms with E-state index in [0.717, 1.165) is 23.9 Å². The molecule has 3 amide bonds. The fraction of sp³-hybridized carbons (Fsp3) is 0.250. The number of benzene rings is 2.